The Bertz CT molecular complexity index is 644. The van der Waals surface area contributed by atoms with Gasteiger partial charge < -0.3 is 15.5 Å². The van der Waals surface area contributed by atoms with Gasteiger partial charge in [-0.15, -0.1) is 0 Å². The minimum atomic E-state index is -0.0776. The van der Waals surface area contributed by atoms with Crippen LogP contribution in [0.3, 0.4) is 0 Å². The van der Waals surface area contributed by atoms with Gasteiger partial charge in [0.1, 0.15) is 0 Å². The van der Waals surface area contributed by atoms with E-state index in [0.29, 0.717) is 11.3 Å². The van der Waals surface area contributed by atoms with Crippen molar-refractivity contribution < 1.29 is 9.59 Å². The molecule has 5 nitrogen and oxygen atoms in total. The number of carbonyl (C=O) groups is 2. The van der Waals surface area contributed by atoms with Crippen molar-refractivity contribution in [1.29, 1.82) is 0 Å². The molecule has 0 radical (unpaired) electrons. The molecular formula is C20H29N3O2. The molecule has 5 heteroatoms. The van der Waals surface area contributed by atoms with Gasteiger partial charge in [0.25, 0.3) is 5.91 Å². The third-order valence-corrected chi connectivity index (χ3v) is 5.00. The van der Waals surface area contributed by atoms with E-state index in [4.69, 9.17) is 0 Å². The average molecular weight is 343 g/mol. The Morgan fingerprint density at radius 3 is 2.40 bits per heavy atom. The predicted octanol–water partition coefficient (Wildman–Crippen LogP) is 3.41. The van der Waals surface area contributed by atoms with Crippen LogP contribution >= 0.6 is 0 Å². The number of nitrogens with one attached hydrogen (secondary N) is 2. The Morgan fingerprint density at radius 1 is 1.12 bits per heavy atom. The molecule has 3 rings (SSSR count). The molecule has 25 heavy (non-hydrogen) atoms. The van der Waals surface area contributed by atoms with Crippen LogP contribution in [-0.2, 0) is 4.79 Å². The van der Waals surface area contributed by atoms with Gasteiger partial charge >= 0.3 is 0 Å². The normalized spacial score (nSPS) is 18.3. The number of nitrogens with zero attached hydrogens (tertiary/aromatic N) is 1. The molecule has 1 heterocycles. The number of hydrogen-bond donors (Lipinski definition) is 2. The highest BCUT2D eigenvalue weighted by Crippen LogP contribution is 2.32. The van der Waals surface area contributed by atoms with Crippen molar-refractivity contribution in [2.45, 2.75) is 52.5 Å². The molecule has 0 atom stereocenters. The maximum absolute atomic E-state index is 12.7. The first kappa shape index (κ1) is 17.8. The van der Waals surface area contributed by atoms with E-state index in [9.17, 15) is 9.59 Å². The number of anilines is 2. The third kappa shape index (κ3) is 4.53. The Kier molecular flexibility index (Phi) is 5.30. The second kappa shape index (κ2) is 7.46. The number of hydrogen-bond acceptors (Lipinski definition) is 3. The van der Waals surface area contributed by atoms with Gasteiger partial charge in [0, 0.05) is 36.4 Å². The summed E-state index contributed by atoms with van der Waals surface area (Å²) in [6.45, 7) is 8.13. The molecule has 0 unspecified atom stereocenters. The topological polar surface area (TPSA) is 61.4 Å². The number of rotatable bonds is 5. The fourth-order valence-electron chi connectivity index (χ4n) is 3.25. The summed E-state index contributed by atoms with van der Waals surface area (Å²) in [5.74, 6) is 0.874. The van der Waals surface area contributed by atoms with Gasteiger partial charge in [0.2, 0.25) is 5.91 Å². The monoisotopic (exact) mass is 343 g/mol. The van der Waals surface area contributed by atoms with Crippen LogP contribution in [0.4, 0.5) is 11.4 Å². The first-order valence-electron chi connectivity index (χ1n) is 9.44. The molecule has 2 aliphatic rings. The van der Waals surface area contributed by atoms with Crippen molar-refractivity contribution in [1.82, 2.24) is 5.32 Å². The number of benzene rings is 1. The van der Waals surface area contributed by atoms with E-state index in [1.165, 1.54) is 0 Å². The lowest BCUT2D eigenvalue weighted by atomic mass is 9.97. The fraction of sp³-hybridized carbons (Fsp3) is 0.600. The zero-order valence-corrected chi connectivity index (χ0v) is 15.5. The molecule has 1 saturated carbocycles. The van der Waals surface area contributed by atoms with Crippen molar-refractivity contribution in [2.24, 2.45) is 11.8 Å². The van der Waals surface area contributed by atoms with Crippen LogP contribution in [-0.4, -0.2) is 30.9 Å². The van der Waals surface area contributed by atoms with Gasteiger partial charge in [-0.05, 0) is 63.6 Å². The largest absolute Gasteiger partial charge is 0.371 e. The standard InChI is InChI=1S/C20H29N3O2/c1-13(2)21-20(25)17-12-16(22-19(24)15-4-5-15)6-7-18(17)23-10-8-14(3)9-11-23/h6-7,12-15H,4-5,8-11H2,1-3H3,(H,21,25)(H,22,24). The van der Waals surface area contributed by atoms with Crippen LogP contribution in [0.5, 0.6) is 0 Å². The first-order chi connectivity index (χ1) is 11.9. The molecule has 1 aliphatic carbocycles. The van der Waals surface area contributed by atoms with Crippen LogP contribution < -0.4 is 15.5 Å². The van der Waals surface area contributed by atoms with E-state index >= 15 is 0 Å². The zero-order valence-electron chi connectivity index (χ0n) is 15.5. The lowest BCUT2D eigenvalue weighted by molar-refractivity contribution is -0.117. The van der Waals surface area contributed by atoms with Gasteiger partial charge in [-0.3, -0.25) is 9.59 Å². The zero-order chi connectivity index (χ0) is 18.0. The van der Waals surface area contributed by atoms with Gasteiger partial charge in [0.15, 0.2) is 0 Å². The molecule has 0 aromatic heterocycles. The predicted molar refractivity (Wildman–Crippen MR) is 101 cm³/mol. The molecule has 2 N–H and O–H groups in total. The lowest BCUT2D eigenvalue weighted by Crippen LogP contribution is -2.36. The van der Waals surface area contributed by atoms with Gasteiger partial charge in [-0.2, -0.15) is 0 Å². The van der Waals surface area contributed by atoms with E-state index in [2.05, 4.69) is 22.5 Å². The van der Waals surface area contributed by atoms with Gasteiger partial charge in [-0.25, -0.2) is 0 Å². The van der Waals surface area contributed by atoms with Crippen molar-refractivity contribution in [3.05, 3.63) is 23.8 Å². The maximum atomic E-state index is 12.7. The maximum Gasteiger partial charge on any atom is 0.253 e. The highest BCUT2D eigenvalue weighted by Gasteiger charge is 2.30. The van der Waals surface area contributed by atoms with Crippen LogP contribution in [0.1, 0.15) is 56.8 Å². The summed E-state index contributed by atoms with van der Waals surface area (Å²) in [5.41, 5.74) is 2.33. The molecule has 1 aromatic rings. The minimum Gasteiger partial charge on any atom is -0.371 e. The van der Waals surface area contributed by atoms with Gasteiger partial charge in [0.05, 0.1) is 5.56 Å². The van der Waals surface area contributed by atoms with Crippen molar-refractivity contribution in [3.8, 4) is 0 Å². The van der Waals surface area contributed by atoms with Crippen molar-refractivity contribution in [3.63, 3.8) is 0 Å². The summed E-state index contributed by atoms with van der Waals surface area (Å²) in [5, 5.41) is 5.94. The third-order valence-electron chi connectivity index (χ3n) is 5.00. The molecule has 1 aromatic carbocycles. The quantitative estimate of drug-likeness (QED) is 0.861. The van der Waals surface area contributed by atoms with E-state index in [-0.39, 0.29) is 23.8 Å². The van der Waals surface area contributed by atoms with Crippen molar-refractivity contribution >= 4 is 23.2 Å². The summed E-state index contributed by atoms with van der Waals surface area (Å²) < 4.78 is 0. The van der Waals surface area contributed by atoms with Crippen LogP contribution in [0.15, 0.2) is 18.2 Å². The molecular weight excluding hydrogens is 314 g/mol. The molecule has 0 spiro atoms. The van der Waals surface area contributed by atoms with E-state index in [0.717, 1.165) is 50.4 Å². The second-order valence-electron chi connectivity index (χ2n) is 7.79. The van der Waals surface area contributed by atoms with Crippen LogP contribution in [0.25, 0.3) is 0 Å². The molecule has 1 aliphatic heterocycles. The summed E-state index contributed by atoms with van der Waals surface area (Å²) in [4.78, 5) is 27.0. The molecule has 0 bridgehead atoms. The first-order valence-corrected chi connectivity index (χ1v) is 9.44. The van der Waals surface area contributed by atoms with Crippen LogP contribution in [0, 0.1) is 11.8 Å². The minimum absolute atomic E-state index is 0.0646. The lowest BCUT2D eigenvalue weighted by Gasteiger charge is -2.33. The number of piperidine rings is 1. The molecule has 1 saturated heterocycles. The highest BCUT2D eigenvalue weighted by molar-refractivity contribution is 6.02. The average Bonchev–Trinajstić information content (AvgIpc) is 3.40. The van der Waals surface area contributed by atoms with E-state index < -0.39 is 0 Å². The van der Waals surface area contributed by atoms with Crippen molar-refractivity contribution in [2.75, 3.05) is 23.3 Å². The summed E-state index contributed by atoms with van der Waals surface area (Å²) in [6.07, 6.45) is 4.23. The smallest absolute Gasteiger partial charge is 0.253 e. The van der Waals surface area contributed by atoms with Gasteiger partial charge in [-0.1, -0.05) is 6.92 Å². The Morgan fingerprint density at radius 2 is 1.80 bits per heavy atom. The highest BCUT2D eigenvalue weighted by atomic mass is 16.2. The summed E-state index contributed by atoms with van der Waals surface area (Å²) in [6, 6.07) is 5.80. The Hall–Kier alpha value is -2.04. The molecule has 2 amide bonds. The van der Waals surface area contributed by atoms with E-state index in [1.807, 2.05) is 32.0 Å². The second-order valence-corrected chi connectivity index (χ2v) is 7.79. The fourth-order valence-corrected chi connectivity index (χ4v) is 3.25. The van der Waals surface area contributed by atoms with Crippen LogP contribution in [0.2, 0.25) is 0 Å². The summed E-state index contributed by atoms with van der Waals surface area (Å²) in [7, 11) is 0. The SMILES string of the molecule is CC1CCN(c2ccc(NC(=O)C3CC3)cc2C(=O)NC(C)C)CC1. The Balaban J connectivity index is 1.84. The molecule has 136 valence electrons. The molecule has 2 fully saturated rings. The number of carbonyl (C=O) groups excluding carboxylic acids is 2. The summed E-state index contributed by atoms with van der Waals surface area (Å²) >= 11 is 0. The van der Waals surface area contributed by atoms with E-state index in [1.54, 1.807) is 0 Å². The Labute approximate surface area is 150 Å². The number of amides is 2.